The summed E-state index contributed by atoms with van der Waals surface area (Å²) in [5, 5.41) is 14.9. The lowest BCUT2D eigenvalue weighted by molar-refractivity contribution is -0.387. The number of benzene rings is 2. The first kappa shape index (κ1) is 22.6. The highest BCUT2D eigenvalue weighted by atomic mass is 19.1. The summed E-state index contributed by atoms with van der Waals surface area (Å²) < 4.78 is 26.2. The second-order valence-electron chi connectivity index (χ2n) is 7.52. The summed E-state index contributed by atoms with van der Waals surface area (Å²) in [6.07, 6.45) is 2.70. The number of nitro groups is 1. The lowest BCUT2D eigenvalue weighted by Crippen LogP contribution is -2.16. The van der Waals surface area contributed by atoms with Crippen LogP contribution in [-0.4, -0.2) is 38.6 Å². The number of ether oxygens (including phenoxy) is 2. The molecule has 2 aromatic carbocycles. The smallest absolute Gasteiger partial charge is 0.343 e. The molecule has 0 aliphatic rings. The standard InChI is InChI=1S/C23H20FN5O5/c1-13(2)34-22(30)15-12-25-23(26-17-11-19(29(31)32)16(24)10-20(17)33-3)27-21(15)28-9-8-14-6-4-5-7-18(14)28/h4-13H,1-3H3,(H,25,26,27). The van der Waals surface area contributed by atoms with Crippen LogP contribution in [0.1, 0.15) is 24.2 Å². The van der Waals surface area contributed by atoms with Gasteiger partial charge in [0.1, 0.15) is 11.3 Å². The lowest BCUT2D eigenvalue weighted by atomic mass is 10.2. The average molecular weight is 465 g/mol. The Morgan fingerprint density at radius 2 is 2.00 bits per heavy atom. The number of halogens is 1. The van der Waals surface area contributed by atoms with Crippen molar-refractivity contribution >= 4 is 34.2 Å². The zero-order valence-corrected chi connectivity index (χ0v) is 18.5. The number of anilines is 2. The number of esters is 1. The number of hydrogen-bond donors (Lipinski definition) is 1. The van der Waals surface area contributed by atoms with Crippen LogP contribution in [0.25, 0.3) is 16.7 Å². The van der Waals surface area contributed by atoms with Gasteiger partial charge in [0.05, 0.1) is 29.3 Å². The molecule has 34 heavy (non-hydrogen) atoms. The Morgan fingerprint density at radius 3 is 2.71 bits per heavy atom. The third kappa shape index (κ3) is 4.35. The Hall–Kier alpha value is -4.54. The fourth-order valence-corrected chi connectivity index (χ4v) is 3.38. The molecule has 2 aromatic heterocycles. The minimum absolute atomic E-state index is 0.00749. The fraction of sp³-hybridized carbons (Fsp3) is 0.174. The number of rotatable bonds is 7. The summed E-state index contributed by atoms with van der Waals surface area (Å²) in [4.78, 5) is 31.7. The van der Waals surface area contributed by atoms with Gasteiger partial charge in [-0.3, -0.25) is 10.1 Å². The maximum atomic E-state index is 14.0. The van der Waals surface area contributed by atoms with E-state index in [0.717, 1.165) is 23.0 Å². The average Bonchev–Trinajstić information content (AvgIpc) is 3.23. The van der Waals surface area contributed by atoms with Gasteiger partial charge in [0, 0.05) is 24.5 Å². The molecular formula is C23H20FN5O5. The van der Waals surface area contributed by atoms with E-state index in [-0.39, 0.29) is 34.9 Å². The predicted octanol–water partition coefficient (Wildman–Crippen LogP) is 4.79. The Bertz CT molecular complexity index is 1400. The van der Waals surface area contributed by atoms with Crippen molar-refractivity contribution in [1.82, 2.24) is 14.5 Å². The molecule has 0 aliphatic heterocycles. The van der Waals surface area contributed by atoms with Crippen LogP contribution in [0.3, 0.4) is 0 Å². The molecule has 0 atom stereocenters. The van der Waals surface area contributed by atoms with Crippen molar-refractivity contribution in [1.29, 1.82) is 0 Å². The lowest BCUT2D eigenvalue weighted by Gasteiger charge is -2.15. The van der Waals surface area contributed by atoms with Gasteiger partial charge >= 0.3 is 11.7 Å². The third-order valence-electron chi connectivity index (χ3n) is 4.87. The summed E-state index contributed by atoms with van der Waals surface area (Å²) >= 11 is 0. The second kappa shape index (κ2) is 9.14. The van der Waals surface area contributed by atoms with Crippen LogP contribution in [0.2, 0.25) is 0 Å². The van der Waals surface area contributed by atoms with Gasteiger partial charge in [-0.2, -0.15) is 9.37 Å². The van der Waals surface area contributed by atoms with Crippen molar-refractivity contribution < 1.29 is 23.6 Å². The molecule has 0 amide bonds. The summed E-state index contributed by atoms with van der Waals surface area (Å²) in [5.74, 6) is -1.39. The van der Waals surface area contributed by atoms with E-state index in [4.69, 9.17) is 9.47 Å². The molecule has 0 radical (unpaired) electrons. The molecular weight excluding hydrogens is 445 g/mol. The molecule has 174 valence electrons. The number of fused-ring (bicyclic) bond motifs is 1. The number of nitrogens with zero attached hydrogens (tertiary/aromatic N) is 4. The van der Waals surface area contributed by atoms with Crippen molar-refractivity contribution in [3.63, 3.8) is 0 Å². The minimum atomic E-state index is -1.04. The first-order chi connectivity index (χ1) is 16.3. The van der Waals surface area contributed by atoms with Gasteiger partial charge < -0.3 is 19.4 Å². The van der Waals surface area contributed by atoms with Crippen molar-refractivity contribution in [2.75, 3.05) is 12.4 Å². The normalized spacial score (nSPS) is 11.0. The Kier molecular flexibility index (Phi) is 6.09. The molecule has 4 rings (SSSR count). The molecule has 0 aliphatic carbocycles. The molecule has 2 heterocycles. The Balaban J connectivity index is 1.83. The van der Waals surface area contributed by atoms with Gasteiger partial charge in [-0.1, -0.05) is 18.2 Å². The molecule has 0 unspecified atom stereocenters. The molecule has 0 saturated carbocycles. The van der Waals surface area contributed by atoms with Crippen LogP contribution in [0.4, 0.5) is 21.7 Å². The molecule has 4 aromatic rings. The second-order valence-corrected chi connectivity index (χ2v) is 7.52. The highest BCUT2D eigenvalue weighted by molar-refractivity contribution is 5.94. The van der Waals surface area contributed by atoms with Crippen LogP contribution in [0, 0.1) is 15.9 Å². The first-order valence-corrected chi connectivity index (χ1v) is 10.2. The molecule has 10 nitrogen and oxygen atoms in total. The van der Waals surface area contributed by atoms with E-state index >= 15 is 0 Å². The number of hydrogen-bond acceptors (Lipinski definition) is 8. The monoisotopic (exact) mass is 465 g/mol. The number of aromatic nitrogens is 3. The predicted molar refractivity (Wildman–Crippen MR) is 122 cm³/mol. The van der Waals surface area contributed by atoms with Gasteiger partial charge in [0.25, 0.3) is 0 Å². The summed E-state index contributed by atoms with van der Waals surface area (Å²) in [5.41, 5.74) is 0.256. The van der Waals surface area contributed by atoms with Gasteiger partial charge in [0.2, 0.25) is 11.8 Å². The van der Waals surface area contributed by atoms with Gasteiger partial charge in [-0.25, -0.2) is 9.78 Å². The fourth-order valence-electron chi connectivity index (χ4n) is 3.38. The van der Waals surface area contributed by atoms with E-state index < -0.39 is 22.4 Å². The van der Waals surface area contributed by atoms with Gasteiger partial charge in [-0.15, -0.1) is 0 Å². The molecule has 1 N–H and O–H groups in total. The SMILES string of the molecule is COc1cc(F)c([N+](=O)[O-])cc1Nc1ncc(C(=O)OC(C)C)c(-n2ccc3ccccc32)n1. The van der Waals surface area contributed by atoms with Gasteiger partial charge in [-0.05, 0) is 31.4 Å². The van der Waals surface area contributed by atoms with Crippen molar-refractivity contribution in [3.8, 4) is 11.6 Å². The highest BCUT2D eigenvalue weighted by Gasteiger charge is 2.22. The molecule has 0 fully saturated rings. The maximum absolute atomic E-state index is 14.0. The number of para-hydroxylation sites is 1. The van der Waals surface area contributed by atoms with Crippen LogP contribution >= 0.6 is 0 Å². The number of carbonyl (C=O) groups excluding carboxylic acids is 1. The molecule has 0 spiro atoms. The Morgan fingerprint density at radius 1 is 1.24 bits per heavy atom. The van der Waals surface area contributed by atoms with E-state index in [1.165, 1.54) is 13.3 Å². The third-order valence-corrected chi connectivity index (χ3v) is 4.87. The zero-order valence-electron chi connectivity index (χ0n) is 18.5. The minimum Gasteiger partial charge on any atom is -0.494 e. The van der Waals surface area contributed by atoms with E-state index in [0.29, 0.717) is 0 Å². The number of carbonyl (C=O) groups is 1. The van der Waals surface area contributed by atoms with Crippen LogP contribution in [0.5, 0.6) is 5.75 Å². The number of nitrogens with one attached hydrogen (secondary N) is 1. The number of methoxy groups -OCH3 is 1. The van der Waals surface area contributed by atoms with Gasteiger partial charge in [0.15, 0.2) is 5.82 Å². The summed E-state index contributed by atoms with van der Waals surface area (Å²) in [7, 11) is 1.30. The summed E-state index contributed by atoms with van der Waals surface area (Å²) in [6, 6.07) is 11.3. The van der Waals surface area contributed by atoms with Crippen molar-refractivity contribution in [3.05, 3.63) is 76.4 Å². The molecule has 11 heteroatoms. The largest absolute Gasteiger partial charge is 0.494 e. The summed E-state index contributed by atoms with van der Waals surface area (Å²) in [6.45, 7) is 3.46. The van der Waals surface area contributed by atoms with Crippen LogP contribution < -0.4 is 10.1 Å². The van der Waals surface area contributed by atoms with Crippen LogP contribution in [-0.2, 0) is 4.74 Å². The first-order valence-electron chi connectivity index (χ1n) is 10.2. The van der Waals surface area contributed by atoms with E-state index in [2.05, 4.69) is 15.3 Å². The Labute approximate surface area is 193 Å². The van der Waals surface area contributed by atoms with E-state index in [9.17, 15) is 19.3 Å². The van der Waals surface area contributed by atoms with E-state index in [1.807, 2.05) is 30.3 Å². The van der Waals surface area contributed by atoms with Crippen LogP contribution in [0.15, 0.2) is 54.9 Å². The molecule has 0 saturated heterocycles. The quantitative estimate of drug-likeness (QED) is 0.235. The van der Waals surface area contributed by atoms with E-state index in [1.54, 1.807) is 24.6 Å². The highest BCUT2D eigenvalue weighted by Crippen LogP contribution is 2.33. The zero-order chi connectivity index (χ0) is 24.4. The maximum Gasteiger partial charge on any atom is 0.343 e. The van der Waals surface area contributed by atoms with Crippen molar-refractivity contribution in [2.45, 2.75) is 20.0 Å². The number of nitro benzene ring substituents is 1. The topological polar surface area (TPSA) is 121 Å². The van der Waals surface area contributed by atoms with Crippen molar-refractivity contribution in [2.24, 2.45) is 0 Å². The molecule has 0 bridgehead atoms.